The molecular formula is C12H13Cl2NO3. The van der Waals surface area contributed by atoms with Crippen molar-refractivity contribution in [2.45, 2.75) is 13.8 Å². The summed E-state index contributed by atoms with van der Waals surface area (Å²) in [5.74, 6) is -2.87. The fourth-order valence-corrected chi connectivity index (χ4v) is 1.64. The van der Waals surface area contributed by atoms with Crippen molar-refractivity contribution < 1.29 is 14.7 Å². The first kappa shape index (κ1) is 14.8. The van der Waals surface area contributed by atoms with E-state index in [-0.39, 0.29) is 5.02 Å². The molecule has 1 aromatic carbocycles. The number of carbonyl (C=O) groups is 2. The molecule has 0 aliphatic rings. The molecule has 1 amide bonds. The fourth-order valence-electron chi connectivity index (χ4n) is 1.29. The van der Waals surface area contributed by atoms with E-state index in [1.54, 1.807) is 25.1 Å². The first-order valence-corrected chi connectivity index (χ1v) is 6.08. The first-order valence-electron chi connectivity index (χ1n) is 5.32. The van der Waals surface area contributed by atoms with E-state index >= 15 is 0 Å². The maximum absolute atomic E-state index is 11.8. The maximum atomic E-state index is 11.8. The third-order valence-electron chi connectivity index (χ3n) is 2.76. The number of carboxylic acids is 1. The summed E-state index contributed by atoms with van der Waals surface area (Å²) < 4.78 is 0. The van der Waals surface area contributed by atoms with Gasteiger partial charge in [0, 0.05) is 5.92 Å². The van der Waals surface area contributed by atoms with Gasteiger partial charge in [-0.3, -0.25) is 9.59 Å². The number of carboxylic acid groups (broad SMARTS) is 1. The number of halogens is 2. The topological polar surface area (TPSA) is 66.4 Å². The van der Waals surface area contributed by atoms with Crippen LogP contribution in [0.1, 0.15) is 13.8 Å². The Morgan fingerprint density at radius 3 is 2.39 bits per heavy atom. The third-order valence-corrected chi connectivity index (χ3v) is 3.58. The van der Waals surface area contributed by atoms with E-state index < -0.39 is 23.7 Å². The number of carbonyl (C=O) groups excluding carboxylic acids is 1. The summed E-state index contributed by atoms with van der Waals surface area (Å²) in [6.45, 7) is 3.03. The number of benzene rings is 1. The summed E-state index contributed by atoms with van der Waals surface area (Å²) in [5, 5.41) is 12.0. The van der Waals surface area contributed by atoms with Crippen molar-refractivity contribution in [1.82, 2.24) is 0 Å². The molecule has 0 spiro atoms. The lowest BCUT2D eigenvalue weighted by molar-refractivity contribution is -0.145. The van der Waals surface area contributed by atoms with E-state index in [0.29, 0.717) is 10.7 Å². The molecule has 0 saturated heterocycles. The quantitative estimate of drug-likeness (QED) is 0.894. The second-order valence-corrected chi connectivity index (χ2v) is 4.79. The average molecular weight is 290 g/mol. The van der Waals surface area contributed by atoms with Gasteiger partial charge in [0.1, 0.15) is 0 Å². The van der Waals surface area contributed by atoms with Crippen LogP contribution in [0.2, 0.25) is 10.0 Å². The van der Waals surface area contributed by atoms with Gasteiger partial charge >= 0.3 is 5.97 Å². The zero-order chi connectivity index (χ0) is 13.9. The Labute approximate surface area is 115 Å². The minimum absolute atomic E-state index is 0.239. The molecule has 0 saturated carbocycles. The molecule has 0 fully saturated rings. The summed E-state index contributed by atoms with van der Waals surface area (Å²) in [6, 6.07) is 4.85. The molecule has 1 rings (SSSR count). The van der Waals surface area contributed by atoms with Crippen LogP contribution in [-0.2, 0) is 9.59 Å². The largest absolute Gasteiger partial charge is 0.481 e. The summed E-state index contributed by atoms with van der Waals surface area (Å²) in [4.78, 5) is 22.6. The van der Waals surface area contributed by atoms with Gasteiger partial charge in [0.15, 0.2) is 0 Å². The molecule has 0 radical (unpaired) electrons. The zero-order valence-electron chi connectivity index (χ0n) is 9.91. The molecule has 2 atom stereocenters. The molecule has 0 heterocycles. The number of anilines is 1. The Balaban J connectivity index is 2.82. The molecule has 2 N–H and O–H groups in total. The van der Waals surface area contributed by atoms with Gasteiger partial charge in [0.25, 0.3) is 0 Å². The van der Waals surface area contributed by atoms with Crippen LogP contribution < -0.4 is 5.32 Å². The Morgan fingerprint density at radius 2 is 1.83 bits per heavy atom. The van der Waals surface area contributed by atoms with Crippen molar-refractivity contribution in [3.05, 3.63) is 28.2 Å². The van der Waals surface area contributed by atoms with Gasteiger partial charge in [0.05, 0.1) is 21.7 Å². The van der Waals surface area contributed by atoms with E-state index in [4.69, 9.17) is 28.3 Å². The minimum atomic E-state index is -1.02. The Hall–Kier alpha value is -1.26. The van der Waals surface area contributed by atoms with Crippen molar-refractivity contribution >= 4 is 40.8 Å². The molecule has 98 valence electrons. The predicted octanol–water partition coefficient (Wildman–Crippen LogP) is 3.29. The summed E-state index contributed by atoms with van der Waals surface area (Å²) in [6.07, 6.45) is 0. The molecule has 0 aliphatic carbocycles. The second-order valence-electron chi connectivity index (χ2n) is 4.01. The standard InChI is InChI=1S/C12H13Cl2NO3/c1-6(7(2)12(17)18)11(16)15-9-5-3-4-8(13)10(9)14/h3-7H,1-2H3,(H,15,16)(H,17,18). The summed E-state index contributed by atoms with van der Waals surface area (Å²) in [5.41, 5.74) is 0.374. The van der Waals surface area contributed by atoms with E-state index in [0.717, 1.165) is 0 Å². The van der Waals surface area contributed by atoms with E-state index in [9.17, 15) is 9.59 Å². The minimum Gasteiger partial charge on any atom is -0.481 e. The van der Waals surface area contributed by atoms with E-state index in [1.807, 2.05) is 0 Å². The predicted molar refractivity (Wildman–Crippen MR) is 71.1 cm³/mol. The monoisotopic (exact) mass is 289 g/mol. The van der Waals surface area contributed by atoms with Crippen molar-refractivity contribution in [3.8, 4) is 0 Å². The molecule has 2 unspecified atom stereocenters. The lowest BCUT2D eigenvalue weighted by atomic mass is 9.95. The molecule has 18 heavy (non-hydrogen) atoms. The number of nitrogens with one attached hydrogen (secondary N) is 1. The van der Waals surface area contributed by atoms with Crippen LogP contribution in [0.25, 0.3) is 0 Å². The van der Waals surface area contributed by atoms with Crippen molar-refractivity contribution in [2.24, 2.45) is 11.8 Å². The molecule has 6 heteroatoms. The number of hydrogen-bond acceptors (Lipinski definition) is 2. The molecule has 1 aromatic rings. The summed E-state index contributed by atoms with van der Waals surface area (Å²) >= 11 is 11.7. The van der Waals surface area contributed by atoms with Gasteiger partial charge in [-0.15, -0.1) is 0 Å². The fraction of sp³-hybridized carbons (Fsp3) is 0.333. The van der Waals surface area contributed by atoms with Crippen LogP contribution in [0.5, 0.6) is 0 Å². The van der Waals surface area contributed by atoms with Gasteiger partial charge in [-0.25, -0.2) is 0 Å². The van der Waals surface area contributed by atoms with Crippen LogP contribution in [0.4, 0.5) is 5.69 Å². The molecule has 0 bridgehead atoms. The highest BCUT2D eigenvalue weighted by molar-refractivity contribution is 6.44. The van der Waals surface area contributed by atoms with Crippen molar-refractivity contribution in [1.29, 1.82) is 0 Å². The van der Waals surface area contributed by atoms with Crippen LogP contribution >= 0.6 is 23.2 Å². The number of hydrogen-bond donors (Lipinski definition) is 2. The van der Waals surface area contributed by atoms with Crippen LogP contribution in [0, 0.1) is 11.8 Å². The Bertz CT molecular complexity index is 476. The average Bonchev–Trinajstić information content (AvgIpc) is 2.32. The van der Waals surface area contributed by atoms with Crippen LogP contribution in [-0.4, -0.2) is 17.0 Å². The highest BCUT2D eigenvalue weighted by atomic mass is 35.5. The van der Waals surface area contributed by atoms with Crippen LogP contribution in [0.3, 0.4) is 0 Å². The van der Waals surface area contributed by atoms with Gasteiger partial charge in [-0.2, -0.15) is 0 Å². The van der Waals surface area contributed by atoms with E-state index in [1.165, 1.54) is 6.92 Å². The normalized spacial score (nSPS) is 13.8. The van der Waals surface area contributed by atoms with Gasteiger partial charge < -0.3 is 10.4 Å². The molecule has 0 aliphatic heterocycles. The third kappa shape index (κ3) is 3.37. The van der Waals surface area contributed by atoms with Crippen molar-refractivity contribution in [2.75, 3.05) is 5.32 Å². The highest BCUT2D eigenvalue weighted by Gasteiger charge is 2.26. The second kappa shape index (κ2) is 6.07. The van der Waals surface area contributed by atoms with Crippen LogP contribution in [0.15, 0.2) is 18.2 Å². The number of amides is 1. The number of aliphatic carboxylic acids is 1. The Kier molecular flexibility index (Phi) is 4.99. The molecular weight excluding hydrogens is 277 g/mol. The zero-order valence-corrected chi connectivity index (χ0v) is 11.4. The van der Waals surface area contributed by atoms with Gasteiger partial charge in [-0.1, -0.05) is 43.1 Å². The molecule has 4 nitrogen and oxygen atoms in total. The van der Waals surface area contributed by atoms with E-state index in [2.05, 4.69) is 5.32 Å². The van der Waals surface area contributed by atoms with Crippen molar-refractivity contribution in [3.63, 3.8) is 0 Å². The van der Waals surface area contributed by atoms with Gasteiger partial charge in [-0.05, 0) is 12.1 Å². The maximum Gasteiger partial charge on any atom is 0.307 e. The highest BCUT2D eigenvalue weighted by Crippen LogP contribution is 2.30. The molecule has 0 aromatic heterocycles. The smallest absolute Gasteiger partial charge is 0.307 e. The lowest BCUT2D eigenvalue weighted by Crippen LogP contribution is -2.30. The lowest BCUT2D eigenvalue weighted by Gasteiger charge is -2.16. The Morgan fingerprint density at radius 1 is 1.22 bits per heavy atom. The number of rotatable bonds is 4. The summed E-state index contributed by atoms with van der Waals surface area (Å²) in [7, 11) is 0. The van der Waals surface area contributed by atoms with Gasteiger partial charge in [0.2, 0.25) is 5.91 Å². The SMILES string of the molecule is CC(C(=O)O)C(C)C(=O)Nc1cccc(Cl)c1Cl. The first-order chi connectivity index (χ1) is 8.34.